The molecule has 1 aliphatic heterocycles. The van der Waals surface area contributed by atoms with Crippen molar-refractivity contribution in [3.8, 4) is 5.75 Å². The van der Waals surface area contributed by atoms with Gasteiger partial charge in [0.25, 0.3) is 0 Å². The molecule has 4 rings (SSSR count). The van der Waals surface area contributed by atoms with Crippen molar-refractivity contribution in [2.75, 3.05) is 18.1 Å². The van der Waals surface area contributed by atoms with Gasteiger partial charge in [-0.05, 0) is 48.9 Å². The van der Waals surface area contributed by atoms with E-state index in [2.05, 4.69) is 47.4 Å². The van der Waals surface area contributed by atoms with E-state index in [1.165, 1.54) is 22.9 Å². The molecule has 0 aliphatic carbocycles. The average Bonchev–Trinajstić information content (AvgIpc) is 2.83. The molecule has 0 N–H and O–H groups in total. The van der Waals surface area contributed by atoms with E-state index < -0.39 is 0 Å². The Labute approximate surface area is 195 Å². The van der Waals surface area contributed by atoms with Crippen molar-refractivity contribution in [2.24, 2.45) is 0 Å². The van der Waals surface area contributed by atoms with Crippen LogP contribution in [0.25, 0.3) is 0 Å². The molecule has 5 heteroatoms. The highest BCUT2D eigenvalue weighted by molar-refractivity contribution is 5.69. The highest BCUT2D eigenvalue weighted by atomic mass is 19.1. The molecule has 4 nitrogen and oxygen atoms in total. The normalized spacial score (nSPS) is 12.8. The summed E-state index contributed by atoms with van der Waals surface area (Å²) in [5, 5.41) is 0. The summed E-state index contributed by atoms with van der Waals surface area (Å²) in [7, 11) is 0. The maximum Gasteiger partial charge on any atom is 0.306 e. The molecule has 1 heterocycles. The third-order valence-electron chi connectivity index (χ3n) is 5.93. The number of carbonyl (C=O) groups excluding carboxylic acids is 1. The summed E-state index contributed by atoms with van der Waals surface area (Å²) >= 11 is 0. The summed E-state index contributed by atoms with van der Waals surface area (Å²) < 4.78 is 25.5. The second-order valence-corrected chi connectivity index (χ2v) is 8.28. The molecule has 3 aromatic rings. The molecule has 0 atom stereocenters. The molecule has 0 saturated heterocycles. The van der Waals surface area contributed by atoms with Gasteiger partial charge in [0.15, 0.2) is 0 Å². The highest BCUT2D eigenvalue weighted by Gasteiger charge is 2.20. The van der Waals surface area contributed by atoms with Gasteiger partial charge in [-0.25, -0.2) is 4.39 Å². The summed E-state index contributed by atoms with van der Waals surface area (Å²) in [4.78, 5) is 14.0. The number of halogens is 1. The molecule has 0 saturated carbocycles. The van der Waals surface area contributed by atoms with Crippen molar-refractivity contribution < 1.29 is 18.7 Å². The minimum Gasteiger partial charge on any atom is -0.489 e. The molecule has 0 spiro atoms. The van der Waals surface area contributed by atoms with Gasteiger partial charge in [0.1, 0.15) is 18.2 Å². The van der Waals surface area contributed by atoms with Gasteiger partial charge in [-0.3, -0.25) is 4.79 Å². The van der Waals surface area contributed by atoms with E-state index in [-0.39, 0.29) is 18.2 Å². The number of aryl methyl sites for hydroxylation is 2. The van der Waals surface area contributed by atoms with E-state index in [9.17, 15) is 9.18 Å². The number of benzene rings is 3. The predicted octanol–water partition coefficient (Wildman–Crippen LogP) is 5.85. The van der Waals surface area contributed by atoms with Crippen LogP contribution in [0.1, 0.15) is 42.0 Å². The number of para-hydroxylation sites is 1. The van der Waals surface area contributed by atoms with Crippen LogP contribution in [0.3, 0.4) is 0 Å². The lowest BCUT2D eigenvalue weighted by molar-refractivity contribution is -0.143. The van der Waals surface area contributed by atoms with E-state index in [0.717, 1.165) is 31.5 Å². The van der Waals surface area contributed by atoms with E-state index in [1.807, 2.05) is 6.07 Å². The summed E-state index contributed by atoms with van der Waals surface area (Å²) in [6, 6.07) is 21.7. The van der Waals surface area contributed by atoms with Gasteiger partial charge >= 0.3 is 5.97 Å². The third-order valence-corrected chi connectivity index (χ3v) is 5.93. The van der Waals surface area contributed by atoms with Gasteiger partial charge in [-0.1, -0.05) is 54.6 Å². The molecule has 1 aliphatic rings. The van der Waals surface area contributed by atoms with E-state index in [4.69, 9.17) is 9.47 Å². The zero-order chi connectivity index (χ0) is 23.0. The molecule has 0 amide bonds. The molecule has 172 valence electrons. The summed E-state index contributed by atoms with van der Waals surface area (Å²) in [5.74, 6) is -0.195. The topological polar surface area (TPSA) is 38.8 Å². The summed E-state index contributed by atoms with van der Waals surface area (Å²) in [6.07, 6.45) is 2.66. The number of hydrogen-bond donors (Lipinski definition) is 0. The quantitative estimate of drug-likeness (QED) is 0.386. The minimum atomic E-state index is -0.363. The first-order chi connectivity index (χ1) is 16.1. The first-order valence-electron chi connectivity index (χ1n) is 11.6. The molecule has 33 heavy (non-hydrogen) atoms. The minimum absolute atomic E-state index is 0.165. The Kier molecular flexibility index (Phi) is 7.61. The fraction of sp³-hybridized carbons (Fsp3) is 0.321. The zero-order valence-electron chi connectivity index (χ0n) is 19.1. The average molecular weight is 448 g/mol. The van der Waals surface area contributed by atoms with Crippen molar-refractivity contribution in [2.45, 2.75) is 45.8 Å². The predicted molar refractivity (Wildman–Crippen MR) is 128 cm³/mol. The Bertz CT molecular complexity index is 1080. The van der Waals surface area contributed by atoms with Crippen molar-refractivity contribution in [3.05, 3.63) is 94.8 Å². The lowest BCUT2D eigenvalue weighted by atomic mass is 9.97. The molecule has 0 radical (unpaired) electrons. The van der Waals surface area contributed by atoms with Crippen LogP contribution < -0.4 is 9.64 Å². The molecule has 0 bridgehead atoms. The number of carbonyl (C=O) groups is 1. The van der Waals surface area contributed by atoms with Crippen LogP contribution in [0.2, 0.25) is 0 Å². The van der Waals surface area contributed by atoms with Crippen LogP contribution in [-0.4, -0.2) is 19.1 Å². The number of esters is 1. The molecular weight excluding hydrogens is 417 g/mol. The Balaban J connectivity index is 1.45. The number of ether oxygens (including phenoxy) is 2. The largest absolute Gasteiger partial charge is 0.489 e. The Hall–Kier alpha value is -3.34. The first-order valence-corrected chi connectivity index (χ1v) is 11.6. The summed E-state index contributed by atoms with van der Waals surface area (Å²) in [6.45, 7) is 4.32. The fourth-order valence-electron chi connectivity index (χ4n) is 4.35. The Morgan fingerprint density at radius 3 is 2.67 bits per heavy atom. The number of anilines is 1. The molecular formula is C28H30FNO3. The molecule has 0 fully saturated rings. The van der Waals surface area contributed by atoms with Gasteiger partial charge in [0, 0.05) is 36.8 Å². The van der Waals surface area contributed by atoms with Gasteiger partial charge < -0.3 is 14.4 Å². The van der Waals surface area contributed by atoms with Crippen LogP contribution in [0, 0.1) is 5.82 Å². The molecule has 0 unspecified atom stereocenters. The van der Waals surface area contributed by atoms with Gasteiger partial charge in [0.2, 0.25) is 0 Å². The standard InChI is InChI=1S/C28H30FNO3/c1-2-32-27(31)16-14-22-13-15-25(18-26(22)29)33-20-24-11-6-10-23-12-7-17-30(28(23)24)19-21-8-4-3-5-9-21/h3-6,8-11,13,15,18H,2,7,12,14,16-17,19-20H2,1H3. The van der Waals surface area contributed by atoms with Crippen molar-refractivity contribution >= 4 is 11.7 Å². The highest BCUT2D eigenvalue weighted by Crippen LogP contribution is 2.33. The lowest BCUT2D eigenvalue weighted by Crippen LogP contribution is -2.30. The maximum atomic E-state index is 14.5. The number of nitrogens with zero attached hydrogens (tertiary/aromatic N) is 1. The Morgan fingerprint density at radius 2 is 1.88 bits per heavy atom. The third kappa shape index (κ3) is 5.92. The maximum absolute atomic E-state index is 14.5. The lowest BCUT2D eigenvalue weighted by Gasteiger charge is -2.33. The monoisotopic (exact) mass is 447 g/mol. The van der Waals surface area contributed by atoms with Gasteiger partial charge in [0.05, 0.1) is 6.61 Å². The van der Waals surface area contributed by atoms with E-state index in [1.54, 1.807) is 19.1 Å². The van der Waals surface area contributed by atoms with E-state index in [0.29, 0.717) is 30.9 Å². The molecule has 0 aromatic heterocycles. The van der Waals surface area contributed by atoms with Gasteiger partial charge in [-0.2, -0.15) is 0 Å². The fourth-order valence-corrected chi connectivity index (χ4v) is 4.35. The van der Waals surface area contributed by atoms with Crippen molar-refractivity contribution in [3.63, 3.8) is 0 Å². The number of fused-ring (bicyclic) bond motifs is 1. The van der Waals surface area contributed by atoms with Crippen molar-refractivity contribution in [1.82, 2.24) is 0 Å². The Morgan fingerprint density at radius 1 is 1.03 bits per heavy atom. The smallest absolute Gasteiger partial charge is 0.306 e. The second kappa shape index (κ2) is 11.0. The second-order valence-electron chi connectivity index (χ2n) is 8.28. The van der Waals surface area contributed by atoms with E-state index >= 15 is 0 Å². The van der Waals surface area contributed by atoms with Crippen LogP contribution in [0.5, 0.6) is 5.75 Å². The number of rotatable bonds is 9. The zero-order valence-corrected chi connectivity index (χ0v) is 19.1. The van der Waals surface area contributed by atoms with Crippen LogP contribution in [0.15, 0.2) is 66.7 Å². The van der Waals surface area contributed by atoms with Gasteiger partial charge in [-0.15, -0.1) is 0 Å². The van der Waals surface area contributed by atoms with Crippen LogP contribution in [0.4, 0.5) is 10.1 Å². The van der Waals surface area contributed by atoms with Crippen LogP contribution in [-0.2, 0) is 35.5 Å². The number of hydrogen-bond acceptors (Lipinski definition) is 4. The SMILES string of the molecule is CCOC(=O)CCc1ccc(OCc2cccc3c2N(Cc2ccccc2)CCC3)cc1F. The molecule has 3 aromatic carbocycles. The first kappa shape index (κ1) is 22.8. The van der Waals surface area contributed by atoms with Crippen molar-refractivity contribution in [1.29, 1.82) is 0 Å². The summed E-state index contributed by atoms with van der Waals surface area (Å²) in [5.41, 5.74) is 5.44. The van der Waals surface area contributed by atoms with Crippen LogP contribution >= 0.6 is 0 Å².